The molecule has 2 unspecified atom stereocenters. The van der Waals surface area contributed by atoms with Crippen molar-refractivity contribution in [3.05, 3.63) is 78.4 Å². The lowest BCUT2D eigenvalue weighted by atomic mass is 10.2. The summed E-state index contributed by atoms with van der Waals surface area (Å²) in [6.07, 6.45) is 1.47. The highest BCUT2D eigenvalue weighted by Crippen LogP contribution is 2.15. The van der Waals surface area contributed by atoms with Gasteiger partial charge in [0.1, 0.15) is 11.9 Å². The summed E-state index contributed by atoms with van der Waals surface area (Å²) in [5.41, 5.74) is 2.22. The lowest BCUT2D eigenvalue weighted by molar-refractivity contribution is -0.105. The predicted octanol–water partition coefficient (Wildman–Crippen LogP) is 4.39. The molecular weight excluding hydrogens is 328 g/mol. The largest absolute Gasteiger partial charge is 0.497 e. The molecule has 0 amide bonds. The van der Waals surface area contributed by atoms with Crippen LogP contribution in [0.1, 0.15) is 18.1 Å². The maximum atomic E-state index is 6.06. The van der Waals surface area contributed by atoms with E-state index in [1.165, 1.54) is 0 Å². The number of hydrogen-bond acceptors (Lipinski definition) is 4. The molecule has 26 heavy (non-hydrogen) atoms. The van der Waals surface area contributed by atoms with Gasteiger partial charge in [0, 0.05) is 0 Å². The van der Waals surface area contributed by atoms with Gasteiger partial charge in [-0.25, -0.2) is 0 Å². The van der Waals surface area contributed by atoms with Crippen LogP contribution in [0.15, 0.2) is 67.3 Å². The van der Waals surface area contributed by atoms with Crippen molar-refractivity contribution < 1.29 is 18.9 Å². The van der Waals surface area contributed by atoms with Gasteiger partial charge in [0.15, 0.2) is 0 Å². The van der Waals surface area contributed by atoms with Gasteiger partial charge < -0.3 is 18.9 Å². The van der Waals surface area contributed by atoms with E-state index < -0.39 is 0 Å². The number of benzene rings is 2. The fourth-order valence-electron chi connectivity index (χ4n) is 2.42. The van der Waals surface area contributed by atoms with Crippen LogP contribution in [0.4, 0.5) is 0 Å². The molecule has 2 rings (SSSR count). The Morgan fingerprint density at radius 3 is 2.23 bits per heavy atom. The van der Waals surface area contributed by atoms with Crippen LogP contribution in [-0.2, 0) is 27.4 Å². The normalized spacial score (nSPS) is 13.2. The van der Waals surface area contributed by atoms with Crippen LogP contribution in [0.3, 0.4) is 0 Å². The van der Waals surface area contributed by atoms with Gasteiger partial charge in [-0.05, 0) is 30.2 Å². The van der Waals surface area contributed by atoms with Gasteiger partial charge in [-0.3, -0.25) is 0 Å². The summed E-state index contributed by atoms with van der Waals surface area (Å²) in [6, 6.07) is 18.0. The maximum absolute atomic E-state index is 6.06. The first-order chi connectivity index (χ1) is 12.7. The Balaban J connectivity index is 1.87. The minimum atomic E-state index is -0.159. The minimum absolute atomic E-state index is 0.106. The Labute approximate surface area is 156 Å². The van der Waals surface area contributed by atoms with Crippen molar-refractivity contribution in [1.29, 1.82) is 0 Å². The van der Waals surface area contributed by atoms with Gasteiger partial charge in [-0.15, -0.1) is 6.58 Å². The van der Waals surface area contributed by atoms with Crippen molar-refractivity contribution in [3.8, 4) is 5.75 Å². The smallest absolute Gasteiger partial charge is 0.118 e. The lowest BCUT2D eigenvalue weighted by Crippen LogP contribution is -2.33. The van der Waals surface area contributed by atoms with E-state index in [9.17, 15) is 0 Å². The van der Waals surface area contributed by atoms with Crippen molar-refractivity contribution in [2.24, 2.45) is 0 Å². The third kappa shape index (κ3) is 7.00. The number of methoxy groups -OCH3 is 1. The van der Waals surface area contributed by atoms with Crippen LogP contribution >= 0.6 is 0 Å². The number of rotatable bonds is 12. The van der Waals surface area contributed by atoms with Crippen molar-refractivity contribution >= 4 is 0 Å². The second kappa shape index (κ2) is 11.5. The topological polar surface area (TPSA) is 36.9 Å². The molecule has 0 N–H and O–H groups in total. The number of ether oxygens (including phenoxy) is 4. The molecule has 0 radical (unpaired) electrons. The van der Waals surface area contributed by atoms with E-state index in [2.05, 4.69) is 6.58 Å². The summed E-state index contributed by atoms with van der Waals surface area (Å²) in [5, 5.41) is 0. The van der Waals surface area contributed by atoms with E-state index in [0.717, 1.165) is 16.9 Å². The molecule has 0 saturated heterocycles. The second-order valence-electron chi connectivity index (χ2n) is 6.03. The summed E-state index contributed by atoms with van der Waals surface area (Å²) >= 11 is 0. The first-order valence-electron chi connectivity index (χ1n) is 8.81. The zero-order valence-electron chi connectivity index (χ0n) is 15.6. The van der Waals surface area contributed by atoms with Gasteiger partial charge in [0.2, 0.25) is 0 Å². The fraction of sp³-hybridized carbons (Fsp3) is 0.364. The molecule has 4 heteroatoms. The minimum Gasteiger partial charge on any atom is -0.497 e. The third-order valence-electron chi connectivity index (χ3n) is 4.02. The van der Waals surface area contributed by atoms with Crippen LogP contribution in [0.2, 0.25) is 0 Å². The highest BCUT2D eigenvalue weighted by atomic mass is 16.6. The fourth-order valence-corrected chi connectivity index (χ4v) is 2.42. The first kappa shape index (κ1) is 20.2. The van der Waals surface area contributed by atoms with Crippen LogP contribution in [0.5, 0.6) is 5.75 Å². The molecule has 2 aromatic rings. The highest BCUT2D eigenvalue weighted by Gasteiger charge is 2.19. The van der Waals surface area contributed by atoms with Gasteiger partial charge >= 0.3 is 0 Å². The summed E-state index contributed by atoms with van der Waals surface area (Å²) in [7, 11) is 1.66. The van der Waals surface area contributed by atoms with Gasteiger partial charge in [0.05, 0.1) is 39.6 Å². The van der Waals surface area contributed by atoms with Crippen LogP contribution in [0.25, 0.3) is 0 Å². The Bertz CT molecular complexity index is 624. The Morgan fingerprint density at radius 2 is 1.58 bits per heavy atom. The molecule has 140 valence electrons. The predicted molar refractivity (Wildman–Crippen MR) is 103 cm³/mol. The average Bonchev–Trinajstić information content (AvgIpc) is 2.70. The summed E-state index contributed by atoms with van der Waals surface area (Å²) < 4.78 is 22.8. The number of hydrogen-bond donors (Lipinski definition) is 0. The molecular formula is C22H28O4. The van der Waals surface area contributed by atoms with Crippen molar-refractivity contribution in [2.45, 2.75) is 32.3 Å². The Kier molecular flexibility index (Phi) is 8.90. The summed E-state index contributed by atoms with van der Waals surface area (Å²) in [6.45, 7) is 7.69. The Hall–Kier alpha value is -2.14. The molecule has 4 nitrogen and oxygen atoms in total. The monoisotopic (exact) mass is 356 g/mol. The van der Waals surface area contributed by atoms with Crippen molar-refractivity contribution in [3.63, 3.8) is 0 Å². The summed E-state index contributed by atoms with van der Waals surface area (Å²) in [5.74, 6) is 0.837. The maximum Gasteiger partial charge on any atom is 0.118 e. The standard InChI is InChI=1S/C22H28O4/c1-4-14-24-17-22(26-16-19-8-6-5-7-9-19)18(2)25-15-20-10-12-21(23-3)13-11-20/h4-13,18,22H,1,14-17H2,2-3H3. The molecule has 0 aliphatic rings. The van der Waals surface area contributed by atoms with E-state index in [-0.39, 0.29) is 12.2 Å². The van der Waals surface area contributed by atoms with Gasteiger partial charge in [0.25, 0.3) is 0 Å². The average molecular weight is 356 g/mol. The lowest BCUT2D eigenvalue weighted by Gasteiger charge is -2.24. The summed E-state index contributed by atoms with van der Waals surface area (Å²) in [4.78, 5) is 0. The van der Waals surface area contributed by atoms with Gasteiger partial charge in [-0.2, -0.15) is 0 Å². The zero-order valence-corrected chi connectivity index (χ0v) is 15.6. The second-order valence-corrected chi connectivity index (χ2v) is 6.03. The third-order valence-corrected chi connectivity index (χ3v) is 4.02. The quantitative estimate of drug-likeness (QED) is 0.417. The SMILES string of the molecule is C=CCOCC(OCc1ccccc1)C(C)OCc1ccc(OC)cc1. The van der Waals surface area contributed by atoms with E-state index in [1.807, 2.05) is 61.5 Å². The van der Waals surface area contributed by atoms with Crippen LogP contribution in [-0.4, -0.2) is 32.5 Å². The van der Waals surface area contributed by atoms with Crippen molar-refractivity contribution in [1.82, 2.24) is 0 Å². The Morgan fingerprint density at radius 1 is 0.923 bits per heavy atom. The molecule has 0 heterocycles. The highest BCUT2D eigenvalue weighted by molar-refractivity contribution is 5.26. The molecule has 0 saturated carbocycles. The molecule has 0 aromatic heterocycles. The van der Waals surface area contributed by atoms with Crippen LogP contribution < -0.4 is 4.74 Å². The molecule has 0 aliphatic heterocycles. The van der Waals surface area contributed by atoms with Crippen LogP contribution in [0, 0.1) is 0 Å². The molecule has 2 aromatic carbocycles. The molecule has 2 atom stereocenters. The van der Waals surface area contributed by atoms with E-state index in [0.29, 0.717) is 26.4 Å². The van der Waals surface area contributed by atoms with Crippen molar-refractivity contribution in [2.75, 3.05) is 20.3 Å². The van der Waals surface area contributed by atoms with E-state index >= 15 is 0 Å². The van der Waals surface area contributed by atoms with E-state index in [4.69, 9.17) is 18.9 Å². The first-order valence-corrected chi connectivity index (χ1v) is 8.81. The molecule has 0 bridgehead atoms. The van der Waals surface area contributed by atoms with Gasteiger partial charge in [-0.1, -0.05) is 48.5 Å². The van der Waals surface area contributed by atoms with E-state index in [1.54, 1.807) is 13.2 Å². The zero-order chi connectivity index (χ0) is 18.6. The molecule has 0 spiro atoms. The molecule has 0 aliphatic carbocycles. The molecule has 0 fully saturated rings.